The highest BCUT2D eigenvalue weighted by atomic mass is 17.0. The average molecular weight is 168 g/mol. The molecule has 0 unspecified atom stereocenters. The van der Waals surface area contributed by atoms with E-state index in [4.69, 9.17) is 10.5 Å². The van der Waals surface area contributed by atoms with Gasteiger partial charge < -0.3 is 0 Å². The summed E-state index contributed by atoms with van der Waals surface area (Å²) in [4.78, 5) is 0. The zero-order chi connectivity index (χ0) is 9.40. The number of hydrogen-bond acceptors (Lipinski definition) is 2. The number of hydrogen-bond donors (Lipinski definition) is 2. The minimum atomic E-state index is 0.766. The van der Waals surface area contributed by atoms with E-state index in [0.29, 0.717) is 0 Å². The largest absolute Gasteiger partial charge is 0.255 e. The molecule has 68 valence electrons. The van der Waals surface area contributed by atoms with Crippen LogP contribution in [0.1, 0.15) is 19.4 Å². The van der Waals surface area contributed by atoms with Crippen molar-refractivity contribution >= 4 is 0 Å². The maximum absolute atomic E-state index is 6.00. The Morgan fingerprint density at radius 2 is 1.58 bits per heavy atom. The predicted molar refractivity (Wildman–Crippen MR) is 50.2 cm³/mol. The first-order valence-corrected chi connectivity index (χ1v) is 4.03. The van der Waals surface area contributed by atoms with E-state index in [1.165, 1.54) is 12.0 Å². The van der Waals surface area contributed by atoms with Crippen LogP contribution in [0.2, 0.25) is 0 Å². The van der Waals surface area contributed by atoms with Crippen LogP contribution in [0.5, 0.6) is 0 Å². The monoisotopic (exact) mass is 168 g/mol. The molecule has 0 atom stereocenters. The van der Waals surface area contributed by atoms with Gasteiger partial charge in [0.15, 0.2) is 0 Å². The summed E-state index contributed by atoms with van der Waals surface area (Å²) >= 11 is 0. The van der Waals surface area contributed by atoms with E-state index in [0.717, 1.165) is 5.92 Å². The molecule has 0 aliphatic carbocycles. The molecular weight excluding hydrogens is 152 g/mol. The van der Waals surface area contributed by atoms with Gasteiger partial charge in [0.1, 0.15) is 0 Å². The summed E-state index contributed by atoms with van der Waals surface area (Å²) in [5, 5.41) is 12.0. The summed E-state index contributed by atoms with van der Waals surface area (Å²) < 4.78 is 0. The zero-order valence-electron chi connectivity index (χ0n) is 7.57. The molecule has 0 aromatic heterocycles. The summed E-state index contributed by atoms with van der Waals surface area (Å²) in [5.41, 5.74) is 1.44. The van der Waals surface area contributed by atoms with E-state index < -0.39 is 0 Å². The Morgan fingerprint density at radius 3 is 2.00 bits per heavy atom. The van der Waals surface area contributed by atoms with E-state index in [1.54, 1.807) is 0 Å². The van der Waals surface area contributed by atoms with Crippen LogP contribution in [-0.4, -0.2) is 10.5 Å². The Labute approximate surface area is 73.4 Å². The van der Waals surface area contributed by atoms with Gasteiger partial charge in [-0.2, -0.15) is 0 Å². The standard InChI is InChI=1S/C10H14.H2O2/c1-9(2)8-10-6-4-3-5-7-10;1-2/h3-7,9H,8H2,1-2H3;1-2H. The summed E-state index contributed by atoms with van der Waals surface area (Å²) in [5.74, 6) is 0.766. The van der Waals surface area contributed by atoms with Crippen molar-refractivity contribution in [3.63, 3.8) is 0 Å². The molecule has 0 aliphatic heterocycles. The molecular formula is C10H16O2. The topological polar surface area (TPSA) is 40.5 Å². The number of benzene rings is 1. The van der Waals surface area contributed by atoms with Gasteiger partial charge in [0.2, 0.25) is 0 Å². The van der Waals surface area contributed by atoms with Crippen molar-refractivity contribution in [3.05, 3.63) is 35.9 Å². The third-order valence-corrected chi connectivity index (χ3v) is 1.49. The van der Waals surface area contributed by atoms with Crippen molar-refractivity contribution < 1.29 is 10.5 Å². The van der Waals surface area contributed by atoms with Crippen molar-refractivity contribution in [2.45, 2.75) is 20.3 Å². The van der Waals surface area contributed by atoms with Gasteiger partial charge in [0, 0.05) is 0 Å². The summed E-state index contributed by atoms with van der Waals surface area (Å²) in [6.07, 6.45) is 1.20. The molecule has 0 amide bonds. The van der Waals surface area contributed by atoms with Gasteiger partial charge in [-0.1, -0.05) is 44.2 Å². The van der Waals surface area contributed by atoms with Crippen molar-refractivity contribution in [1.29, 1.82) is 0 Å². The fraction of sp³-hybridized carbons (Fsp3) is 0.400. The highest BCUT2D eigenvalue weighted by Gasteiger charge is 1.94. The van der Waals surface area contributed by atoms with Gasteiger partial charge in [-0.3, -0.25) is 10.5 Å². The lowest BCUT2D eigenvalue weighted by Crippen LogP contribution is -1.92. The van der Waals surface area contributed by atoms with Crippen molar-refractivity contribution in [2.75, 3.05) is 0 Å². The second-order valence-electron chi connectivity index (χ2n) is 3.08. The van der Waals surface area contributed by atoms with Crippen molar-refractivity contribution in [1.82, 2.24) is 0 Å². The van der Waals surface area contributed by atoms with Crippen LogP contribution in [0.25, 0.3) is 0 Å². The fourth-order valence-electron chi connectivity index (χ4n) is 1.09. The van der Waals surface area contributed by atoms with Gasteiger partial charge in [0.25, 0.3) is 0 Å². The first-order valence-electron chi connectivity index (χ1n) is 4.03. The lowest BCUT2D eigenvalue weighted by Gasteiger charge is -2.02. The summed E-state index contributed by atoms with van der Waals surface area (Å²) in [6.45, 7) is 4.49. The quantitative estimate of drug-likeness (QED) is 0.526. The number of rotatable bonds is 2. The van der Waals surface area contributed by atoms with Crippen LogP contribution in [0.4, 0.5) is 0 Å². The smallest absolute Gasteiger partial charge is 0.0256 e. The lowest BCUT2D eigenvalue weighted by molar-refractivity contribution is -0.176. The Morgan fingerprint density at radius 1 is 1.08 bits per heavy atom. The third-order valence-electron chi connectivity index (χ3n) is 1.49. The molecule has 2 nitrogen and oxygen atoms in total. The molecule has 0 spiro atoms. The molecule has 2 heteroatoms. The van der Waals surface area contributed by atoms with Gasteiger partial charge in [-0.25, -0.2) is 0 Å². The Balaban J connectivity index is 0.000000561. The molecule has 2 N–H and O–H groups in total. The van der Waals surface area contributed by atoms with E-state index >= 15 is 0 Å². The Kier molecular flexibility index (Phi) is 6.34. The van der Waals surface area contributed by atoms with Crippen molar-refractivity contribution in [3.8, 4) is 0 Å². The van der Waals surface area contributed by atoms with Gasteiger partial charge >= 0.3 is 0 Å². The second kappa shape index (κ2) is 6.83. The maximum atomic E-state index is 6.00. The molecule has 0 aliphatic rings. The van der Waals surface area contributed by atoms with Crippen molar-refractivity contribution in [2.24, 2.45) is 5.92 Å². The van der Waals surface area contributed by atoms with Crippen LogP contribution >= 0.6 is 0 Å². The SMILES string of the molecule is CC(C)Cc1ccccc1.OO. The lowest BCUT2D eigenvalue weighted by atomic mass is 10.0. The molecule has 1 aromatic rings. The minimum absolute atomic E-state index is 0.766. The summed E-state index contributed by atoms with van der Waals surface area (Å²) in [6, 6.07) is 10.6. The van der Waals surface area contributed by atoms with Crippen LogP contribution in [0, 0.1) is 5.92 Å². The molecule has 1 rings (SSSR count). The molecule has 0 saturated heterocycles. The fourth-order valence-corrected chi connectivity index (χ4v) is 1.09. The Hall–Kier alpha value is -0.860. The minimum Gasteiger partial charge on any atom is -0.255 e. The molecule has 0 heterocycles. The van der Waals surface area contributed by atoms with Gasteiger partial charge in [-0.15, -0.1) is 0 Å². The van der Waals surface area contributed by atoms with Crippen LogP contribution in [0.3, 0.4) is 0 Å². The highest BCUT2D eigenvalue weighted by Crippen LogP contribution is 2.05. The van der Waals surface area contributed by atoms with E-state index in [2.05, 4.69) is 44.2 Å². The second-order valence-corrected chi connectivity index (χ2v) is 3.08. The van der Waals surface area contributed by atoms with Crippen LogP contribution < -0.4 is 0 Å². The normalized spacial score (nSPS) is 9.08. The summed E-state index contributed by atoms with van der Waals surface area (Å²) in [7, 11) is 0. The molecule has 0 fully saturated rings. The highest BCUT2D eigenvalue weighted by molar-refractivity contribution is 5.14. The molecule has 12 heavy (non-hydrogen) atoms. The van der Waals surface area contributed by atoms with Crippen LogP contribution in [0.15, 0.2) is 30.3 Å². The van der Waals surface area contributed by atoms with E-state index in [1.807, 2.05) is 0 Å². The van der Waals surface area contributed by atoms with E-state index in [9.17, 15) is 0 Å². The first-order chi connectivity index (χ1) is 5.79. The molecule has 0 saturated carbocycles. The van der Waals surface area contributed by atoms with Gasteiger partial charge in [0.05, 0.1) is 0 Å². The molecule has 0 radical (unpaired) electrons. The molecule has 1 aromatic carbocycles. The maximum Gasteiger partial charge on any atom is -0.0256 e. The van der Waals surface area contributed by atoms with Crippen LogP contribution in [-0.2, 0) is 6.42 Å². The molecule has 0 bridgehead atoms. The first kappa shape index (κ1) is 11.1. The van der Waals surface area contributed by atoms with E-state index in [-0.39, 0.29) is 0 Å². The van der Waals surface area contributed by atoms with Gasteiger partial charge in [-0.05, 0) is 17.9 Å². The zero-order valence-corrected chi connectivity index (χ0v) is 7.57. The Bertz CT molecular complexity index is 182. The predicted octanol–water partition coefficient (Wildman–Crippen LogP) is 2.90. The average Bonchev–Trinajstić information content (AvgIpc) is 2.08. The third kappa shape index (κ3) is 4.88.